The van der Waals surface area contributed by atoms with Gasteiger partial charge in [0.05, 0.1) is 29.0 Å². The van der Waals surface area contributed by atoms with Crippen molar-refractivity contribution in [3.05, 3.63) is 24.3 Å². The quantitative estimate of drug-likeness (QED) is 0.459. The molecule has 1 aromatic heterocycles. The van der Waals surface area contributed by atoms with E-state index in [1.54, 1.807) is 18.4 Å². The van der Waals surface area contributed by atoms with Gasteiger partial charge in [-0.15, -0.1) is 0 Å². The molecule has 0 aliphatic rings. The van der Waals surface area contributed by atoms with Gasteiger partial charge in [-0.1, -0.05) is 23.9 Å². The Morgan fingerprint density at radius 1 is 1.12 bits per heavy atom. The van der Waals surface area contributed by atoms with Crippen molar-refractivity contribution < 1.29 is 19.8 Å². The zero-order valence-electron chi connectivity index (χ0n) is 14.8. The number of aliphatic hydroxyl groups excluding tert-OH is 2. The summed E-state index contributed by atoms with van der Waals surface area (Å²) in [7, 11) is 0. The van der Waals surface area contributed by atoms with Gasteiger partial charge in [-0.3, -0.25) is 9.59 Å². The molecule has 1 heterocycles. The third kappa shape index (κ3) is 6.01. The number of thioether (sulfide) groups is 1. The van der Waals surface area contributed by atoms with Crippen LogP contribution in [0.5, 0.6) is 0 Å². The highest BCUT2D eigenvalue weighted by Gasteiger charge is 2.15. The Bertz CT molecular complexity index is 760. The predicted molar refractivity (Wildman–Crippen MR) is 99.8 cm³/mol. The van der Waals surface area contributed by atoms with Crippen LogP contribution in [0.4, 0.5) is 0 Å². The molecular weight excluding hydrogens is 356 g/mol. The number of fused-ring (bicyclic) bond motifs is 1. The summed E-state index contributed by atoms with van der Waals surface area (Å²) in [5, 5.41) is 24.3. The number of amides is 2. The molecule has 26 heavy (non-hydrogen) atoms. The van der Waals surface area contributed by atoms with Gasteiger partial charge < -0.3 is 25.4 Å². The first-order valence-corrected chi connectivity index (χ1v) is 9.33. The fourth-order valence-corrected chi connectivity index (χ4v) is 3.06. The molecule has 142 valence electrons. The molecule has 0 aliphatic heterocycles. The largest absolute Gasteiger partial charge is 0.392 e. The maximum atomic E-state index is 12.1. The van der Waals surface area contributed by atoms with E-state index in [1.165, 1.54) is 11.8 Å². The monoisotopic (exact) mass is 380 g/mol. The summed E-state index contributed by atoms with van der Waals surface area (Å²) >= 11 is 1.23. The Morgan fingerprint density at radius 3 is 2.38 bits per heavy atom. The topological polar surface area (TPSA) is 116 Å². The van der Waals surface area contributed by atoms with E-state index < -0.39 is 12.2 Å². The number of aromatic nitrogens is 2. The molecule has 2 rings (SSSR count). The molecule has 0 aliphatic carbocycles. The number of nitrogens with one attached hydrogen (secondary N) is 2. The molecule has 0 radical (unpaired) electrons. The van der Waals surface area contributed by atoms with Gasteiger partial charge in [0.2, 0.25) is 11.8 Å². The molecule has 0 fully saturated rings. The molecule has 0 bridgehead atoms. The molecule has 2 aromatic rings. The predicted octanol–water partition coefficient (Wildman–Crippen LogP) is 0.122. The van der Waals surface area contributed by atoms with Crippen LogP contribution in [0.25, 0.3) is 11.0 Å². The van der Waals surface area contributed by atoms with Crippen LogP contribution in [-0.4, -0.2) is 62.6 Å². The number of carbonyl (C=O) groups is 2. The van der Waals surface area contributed by atoms with Crippen molar-refractivity contribution in [2.75, 3.05) is 18.8 Å². The highest BCUT2D eigenvalue weighted by Crippen LogP contribution is 2.23. The number of nitrogens with zero attached hydrogens (tertiary/aromatic N) is 2. The number of rotatable bonds is 9. The number of benzene rings is 1. The Kier molecular flexibility index (Phi) is 7.43. The number of aliphatic hydroxyl groups is 2. The Hall–Kier alpha value is -2.10. The van der Waals surface area contributed by atoms with Crippen molar-refractivity contribution in [2.24, 2.45) is 0 Å². The molecule has 2 atom stereocenters. The fourth-order valence-electron chi connectivity index (χ4n) is 2.22. The van der Waals surface area contributed by atoms with E-state index in [2.05, 4.69) is 15.6 Å². The molecule has 0 saturated carbocycles. The van der Waals surface area contributed by atoms with Crippen LogP contribution in [0.2, 0.25) is 0 Å². The van der Waals surface area contributed by atoms with E-state index >= 15 is 0 Å². The van der Waals surface area contributed by atoms with Gasteiger partial charge in [-0.2, -0.15) is 0 Å². The molecule has 2 amide bonds. The first-order chi connectivity index (χ1) is 12.4. The van der Waals surface area contributed by atoms with E-state index in [0.29, 0.717) is 5.16 Å². The van der Waals surface area contributed by atoms with Crippen molar-refractivity contribution in [1.29, 1.82) is 0 Å². The number of para-hydroxylation sites is 2. The number of hydrogen-bond acceptors (Lipinski definition) is 6. The second-order valence-corrected chi connectivity index (χ2v) is 7.01. The first-order valence-electron chi connectivity index (χ1n) is 8.34. The SMILES string of the molecule is CC(O)CNC(=O)CSc1nc2ccccc2n1CC(=O)NCC(C)O. The minimum atomic E-state index is -0.620. The highest BCUT2D eigenvalue weighted by atomic mass is 32.2. The second kappa shape index (κ2) is 9.56. The van der Waals surface area contributed by atoms with Gasteiger partial charge in [-0.05, 0) is 26.0 Å². The summed E-state index contributed by atoms with van der Waals surface area (Å²) in [6, 6.07) is 7.42. The highest BCUT2D eigenvalue weighted by molar-refractivity contribution is 7.99. The second-order valence-electron chi connectivity index (χ2n) is 6.06. The zero-order chi connectivity index (χ0) is 19.1. The number of imidazole rings is 1. The van der Waals surface area contributed by atoms with Crippen LogP contribution < -0.4 is 10.6 Å². The molecule has 1 aromatic carbocycles. The Labute approximate surface area is 156 Å². The van der Waals surface area contributed by atoms with Crippen LogP contribution >= 0.6 is 11.8 Å². The fraction of sp³-hybridized carbons (Fsp3) is 0.471. The molecular formula is C17H24N4O4S. The Morgan fingerprint density at radius 2 is 1.73 bits per heavy atom. The van der Waals surface area contributed by atoms with Gasteiger partial charge in [-0.25, -0.2) is 4.98 Å². The third-order valence-electron chi connectivity index (χ3n) is 3.44. The molecule has 9 heteroatoms. The lowest BCUT2D eigenvalue weighted by atomic mass is 10.3. The lowest BCUT2D eigenvalue weighted by Crippen LogP contribution is -2.33. The standard InChI is InChI=1S/C17H24N4O4S/c1-11(22)7-18-15(24)9-21-14-6-4-3-5-13(14)20-17(21)26-10-16(25)19-8-12(2)23/h3-6,11-12,22-23H,7-10H2,1-2H3,(H,18,24)(H,19,25). The maximum absolute atomic E-state index is 12.1. The van der Waals surface area contributed by atoms with E-state index in [9.17, 15) is 19.8 Å². The van der Waals surface area contributed by atoms with E-state index in [0.717, 1.165) is 11.0 Å². The first kappa shape index (κ1) is 20.2. The van der Waals surface area contributed by atoms with Crippen molar-refractivity contribution >= 4 is 34.6 Å². The number of hydrogen-bond donors (Lipinski definition) is 4. The lowest BCUT2D eigenvalue weighted by Gasteiger charge is -2.11. The summed E-state index contributed by atoms with van der Waals surface area (Å²) in [5.41, 5.74) is 1.54. The summed E-state index contributed by atoms with van der Waals surface area (Å²) in [6.45, 7) is 3.61. The third-order valence-corrected chi connectivity index (χ3v) is 4.42. The van der Waals surface area contributed by atoms with E-state index in [4.69, 9.17) is 0 Å². The minimum absolute atomic E-state index is 0.0465. The maximum Gasteiger partial charge on any atom is 0.240 e. The van der Waals surface area contributed by atoms with Crippen molar-refractivity contribution in [3.63, 3.8) is 0 Å². The molecule has 0 spiro atoms. The van der Waals surface area contributed by atoms with Crippen LogP contribution in [0.3, 0.4) is 0 Å². The van der Waals surface area contributed by atoms with Crippen molar-refractivity contribution in [2.45, 2.75) is 37.8 Å². The van der Waals surface area contributed by atoms with Crippen LogP contribution in [0.15, 0.2) is 29.4 Å². The smallest absolute Gasteiger partial charge is 0.240 e. The van der Waals surface area contributed by atoms with E-state index in [1.807, 2.05) is 24.3 Å². The van der Waals surface area contributed by atoms with Crippen LogP contribution in [-0.2, 0) is 16.1 Å². The van der Waals surface area contributed by atoms with Crippen LogP contribution in [0.1, 0.15) is 13.8 Å². The minimum Gasteiger partial charge on any atom is -0.392 e. The summed E-state index contributed by atoms with van der Waals surface area (Å²) < 4.78 is 1.75. The van der Waals surface area contributed by atoms with Gasteiger partial charge in [0.15, 0.2) is 5.16 Å². The van der Waals surface area contributed by atoms with Crippen molar-refractivity contribution in [1.82, 2.24) is 20.2 Å². The van der Waals surface area contributed by atoms with Crippen LogP contribution in [0, 0.1) is 0 Å². The molecule has 4 N–H and O–H groups in total. The average Bonchev–Trinajstić information content (AvgIpc) is 2.94. The molecule has 0 saturated heterocycles. The van der Waals surface area contributed by atoms with Gasteiger partial charge in [0.25, 0.3) is 0 Å². The summed E-state index contributed by atoms with van der Waals surface area (Å²) in [5.74, 6) is -0.326. The Balaban J connectivity index is 2.10. The summed E-state index contributed by atoms with van der Waals surface area (Å²) in [4.78, 5) is 28.5. The number of carbonyl (C=O) groups excluding carboxylic acids is 2. The zero-order valence-corrected chi connectivity index (χ0v) is 15.6. The van der Waals surface area contributed by atoms with E-state index in [-0.39, 0.29) is 37.2 Å². The lowest BCUT2D eigenvalue weighted by molar-refractivity contribution is -0.122. The molecule has 2 unspecified atom stereocenters. The summed E-state index contributed by atoms with van der Waals surface area (Å²) in [6.07, 6.45) is -1.23. The molecule has 8 nitrogen and oxygen atoms in total. The van der Waals surface area contributed by atoms with Crippen molar-refractivity contribution in [3.8, 4) is 0 Å². The van der Waals surface area contributed by atoms with Gasteiger partial charge in [0.1, 0.15) is 6.54 Å². The van der Waals surface area contributed by atoms with Gasteiger partial charge >= 0.3 is 0 Å². The average molecular weight is 380 g/mol. The normalized spacial score (nSPS) is 13.4. The van der Waals surface area contributed by atoms with Gasteiger partial charge in [0, 0.05) is 13.1 Å².